The van der Waals surface area contributed by atoms with Gasteiger partial charge in [-0.2, -0.15) is 0 Å². The first-order valence-corrected chi connectivity index (χ1v) is 11.4. The molecular formula is C25H34N4O3. The number of aliphatic imine (C=N–C) groups is 1. The highest BCUT2D eigenvalue weighted by Gasteiger charge is 2.41. The summed E-state index contributed by atoms with van der Waals surface area (Å²) in [5.74, 6) is 1.56. The molecule has 7 nitrogen and oxygen atoms in total. The Morgan fingerprint density at radius 2 is 2.06 bits per heavy atom. The predicted molar refractivity (Wildman–Crippen MR) is 126 cm³/mol. The molecule has 4 rings (SSSR count). The standard InChI is InChI=1S/C25H34N4O3/c1-3-26-25(27-15-23(30)20-10-7-11-21(14-20)31-2)29-17-22-24(18-29)32-13-12-28(22)16-19-8-5-4-6-9-19/h4-11,14,22-24,30H,3,12-13,15-18H2,1-2H3,(H,26,27). The molecule has 0 saturated carbocycles. The van der Waals surface area contributed by atoms with E-state index in [1.54, 1.807) is 7.11 Å². The summed E-state index contributed by atoms with van der Waals surface area (Å²) in [5.41, 5.74) is 2.13. The summed E-state index contributed by atoms with van der Waals surface area (Å²) in [6.45, 7) is 7.41. The number of hydrogen-bond donors (Lipinski definition) is 2. The van der Waals surface area contributed by atoms with Gasteiger partial charge in [0.1, 0.15) is 5.75 Å². The lowest BCUT2D eigenvalue weighted by atomic mass is 10.1. The number of guanidine groups is 1. The van der Waals surface area contributed by atoms with Gasteiger partial charge in [-0.25, -0.2) is 0 Å². The summed E-state index contributed by atoms with van der Waals surface area (Å²) in [7, 11) is 1.63. The van der Waals surface area contributed by atoms with Crippen molar-refractivity contribution >= 4 is 5.96 Å². The molecule has 0 radical (unpaired) electrons. The van der Waals surface area contributed by atoms with Crippen molar-refractivity contribution < 1.29 is 14.6 Å². The number of ether oxygens (including phenoxy) is 2. The minimum absolute atomic E-state index is 0.166. The smallest absolute Gasteiger partial charge is 0.194 e. The van der Waals surface area contributed by atoms with Gasteiger partial charge in [-0.1, -0.05) is 42.5 Å². The van der Waals surface area contributed by atoms with Crippen molar-refractivity contribution in [2.75, 3.05) is 46.4 Å². The molecule has 2 aromatic carbocycles. The Hall–Kier alpha value is -2.61. The molecule has 2 fully saturated rings. The summed E-state index contributed by atoms with van der Waals surface area (Å²) in [6.07, 6.45) is -0.519. The molecule has 0 amide bonds. The zero-order valence-electron chi connectivity index (χ0n) is 19.0. The Labute approximate surface area is 190 Å². The third kappa shape index (κ3) is 5.41. The van der Waals surface area contributed by atoms with Gasteiger partial charge in [0.05, 0.1) is 38.5 Å². The minimum atomic E-state index is -0.686. The SMILES string of the molecule is CCNC(=NCC(O)c1cccc(OC)c1)N1CC2OCCN(Cc3ccccc3)C2C1. The van der Waals surface area contributed by atoms with Crippen LogP contribution in [0.3, 0.4) is 0 Å². The molecular weight excluding hydrogens is 404 g/mol. The first kappa shape index (κ1) is 22.6. The lowest BCUT2D eigenvalue weighted by molar-refractivity contribution is -0.0502. The van der Waals surface area contributed by atoms with E-state index in [1.165, 1.54) is 5.56 Å². The van der Waals surface area contributed by atoms with Crippen LogP contribution >= 0.6 is 0 Å². The Bertz CT molecular complexity index is 892. The van der Waals surface area contributed by atoms with Crippen LogP contribution < -0.4 is 10.1 Å². The van der Waals surface area contributed by atoms with Crippen LogP contribution in [-0.2, 0) is 11.3 Å². The van der Waals surface area contributed by atoms with Gasteiger partial charge in [0.25, 0.3) is 0 Å². The fraction of sp³-hybridized carbons (Fsp3) is 0.480. The quantitative estimate of drug-likeness (QED) is 0.511. The largest absolute Gasteiger partial charge is 0.497 e. The molecule has 0 aromatic heterocycles. The second-order valence-corrected chi connectivity index (χ2v) is 8.32. The Kier molecular flexibility index (Phi) is 7.63. The molecule has 2 heterocycles. The lowest BCUT2D eigenvalue weighted by Crippen LogP contribution is -2.50. The van der Waals surface area contributed by atoms with Crippen molar-refractivity contribution in [3.05, 3.63) is 65.7 Å². The van der Waals surface area contributed by atoms with Gasteiger partial charge in [-0.3, -0.25) is 9.89 Å². The van der Waals surface area contributed by atoms with E-state index in [1.807, 2.05) is 24.3 Å². The Morgan fingerprint density at radius 1 is 1.22 bits per heavy atom. The fourth-order valence-electron chi connectivity index (χ4n) is 4.50. The minimum Gasteiger partial charge on any atom is -0.497 e. The van der Waals surface area contributed by atoms with Gasteiger partial charge in [0.2, 0.25) is 0 Å². The van der Waals surface area contributed by atoms with Crippen LogP contribution in [0.1, 0.15) is 24.2 Å². The van der Waals surface area contributed by atoms with Crippen LogP contribution in [0.2, 0.25) is 0 Å². The number of aliphatic hydroxyl groups excluding tert-OH is 1. The van der Waals surface area contributed by atoms with E-state index in [-0.39, 0.29) is 12.6 Å². The second-order valence-electron chi connectivity index (χ2n) is 8.32. The highest BCUT2D eigenvalue weighted by molar-refractivity contribution is 5.80. The first-order chi connectivity index (χ1) is 15.7. The fourth-order valence-corrected chi connectivity index (χ4v) is 4.50. The highest BCUT2D eigenvalue weighted by atomic mass is 16.5. The van der Waals surface area contributed by atoms with Crippen LogP contribution in [0.5, 0.6) is 5.75 Å². The van der Waals surface area contributed by atoms with Gasteiger partial charge in [-0.15, -0.1) is 0 Å². The number of rotatable bonds is 7. The van der Waals surface area contributed by atoms with Crippen molar-refractivity contribution in [3.8, 4) is 5.75 Å². The third-order valence-electron chi connectivity index (χ3n) is 6.17. The number of likely N-dealkylation sites (tertiary alicyclic amines) is 1. The van der Waals surface area contributed by atoms with Crippen LogP contribution in [0.15, 0.2) is 59.6 Å². The van der Waals surface area contributed by atoms with E-state index >= 15 is 0 Å². The molecule has 2 N–H and O–H groups in total. The molecule has 32 heavy (non-hydrogen) atoms. The predicted octanol–water partition coefficient (Wildman–Crippen LogP) is 2.28. The summed E-state index contributed by atoms with van der Waals surface area (Å²) in [4.78, 5) is 9.55. The number of benzene rings is 2. The maximum absolute atomic E-state index is 10.7. The number of aliphatic hydroxyl groups is 1. The van der Waals surface area contributed by atoms with Crippen LogP contribution in [0.25, 0.3) is 0 Å². The number of morpholine rings is 1. The molecule has 0 aliphatic carbocycles. The monoisotopic (exact) mass is 438 g/mol. The summed E-state index contributed by atoms with van der Waals surface area (Å²) >= 11 is 0. The molecule has 0 spiro atoms. The van der Waals surface area contributed by atoms with Crippen molar-refractivity contribution in [1.82, 2.24) is 15.1 Å². The van der Waals surface area contributed by atoms with Crippen molar-refractivity contribution in [2.24, 2.45) is 4.99 Å². The zero-order valence-corrected chi connectivity index (χ0v) is 19.0. The third-order valence-corrected chi connectivity index (χ3v) is 6.17. The van der Waals surface area contributed by atoms with Gasteiger partial charge in [0.15, 0.2) is 5.96 Å². The van der Waals surface area contributed by atoms with E-state index in [9.17, 15) is 5.11 Å². The van der Waals surface area contributed by atoms with Crippen molar-refractivity contribution in [2.45, 2.75) is 31.7 Å². The lowest BCUT2D eigenvalue weighted by Gasteiger charge is -2.36. The van der Waals surface area contributed by atoms with E-state index in [4.69, 9.17) is 14.5 Å². The second kappa shape index (κ2) is 10.8. The van der Waals surface area contributed by atoms with Gasteiger partial charge in [-0.05, 0) is 30.2 Å². The van der Waals surface area contributed by atoms with Gasteiger partial charge >= 0.3 is 0 Å². The van der Waals surface area contributed by atoms with E-state index in [2.05, 4.69) is 52.4 Å². The Balaban J connectivity index is 1.43. The molecule has 0 bridgehead atoms. The maximum Gasteiger partial charge on any atom is 0.194 e. The van der Waals surface area contributed by atoms with E-state index in [0.29, 0.717) is 6.04 Å². The average molecular weight is 439 g/mol. The van der Waals surface area contributed by atoms with Crippen LogP contribution in [0.4, 0.5) is 0 Å². The normalized spacial score (nSPS) is 22.5. The molecule has 2 aliphatic heterocycles. The first-order valence-electron chi connectivity index (χ1n) is 11.4. The number of nitrogens with zero attached hydrogens (tertiary/aromatic N) is 3. The van der Waals surface area contributed by atoms with Crippen molar-refractivity contribution in [3.63, 3.8) is 0 Å². The van der Waals surface area contributed by atoms with Gasteiger partial charge < -0.3 is 24.8 Å². The number of nitrogens with one attached hydrogen (secondary N) is 1. The summed E-state index contributed by atoms with van der Waals surface area (Å²) in [6, 6.07) is 18.5. The zero-order chi connectivity index (χ0) is 22.3. The van der Waals surface area contributed by atoms with Crippen molar-refractivity contribution in [1.29, 1.82) is 0 Å². The van der Waals surface area contributed by atoms with Gasteiger partial charge in [0, 0.05) is 32.7 Å². The highest BCUT2D eigenvalue weighted by Crippen LogP contribution is 2.25. The molecule has 7 heteroatoms. The topological polar surface area (TPSA) is 69.6 Å². The molecule has 2 aromatic rings. The maximum atomic E-state index is 10.7. The molecule has 3 atom stereocenters. The summed E-state index contributed by atoms with van der Waals surface area (Å²) < 4.78 is 11.4. The van der Waals surface area contributed by atoms with E-state index < -0.39 is 6.10 Å². The number of fused-ring (bicyclic) bond motifs is 1. The number of methoxy groups -OCH3 is 1. The van der Waals surface area contributed by atoms with E-state index in [0.717, 1.165) is 56.6 Å². The summed E-state index contributed by atoms with van der Waals surface area (Å²) in [5, 5.41) is 14.1. The molecule has 2 saturated heterocycles. The Morgan fingerprint density at radius 3 is 2.84 bits per heavy atom. The molecule has 2 aliphatic rings. The molecule has 172 valence electrons. The van der Waals surface area contributed by atoms with Crippen LogP contribution in [0, 0.1) is 0 Å². The number of hydrogen-bond acceptors (Lipinski definition) is 5. The average Bonchev–Trinajstić information content (AvgIpc) is 3.27. The molecule has 3 unspecified atom stereocenters. The van der Waals surface area contributed by atoms with Crippen LogP contribution in [-0.4, -0.2) is 79.5 Å².